The van der Waals surface area contributed by atoms with Gasteiger partial charge in [-0.15, -0.1) is 0 Å². The van der Waals surface area contributed by atoms with Gasteiger partial charge >= 0.3 is 6.03 Å². The molecule has 0 aliphatic carbocycles. The van der Waals surface area contributed by atoms with Gasteiger partial charge < -0.3 is 5.73 Å². The molecule has 0 aliphatic heterocycles. The van der Waals surface area contributed by atoms with Crippen LogP contribution in [0, 0.1) is 0 Å². The Balaban J connectivity index is 2.97. The summed E-state index contributed by atoms with van der Waals surface area (Å²) in [4.78, 5) is 9.62. The Morgan fingerprint density at radius 1 is 1.86 bits per heavy atom. The van der Waals surface area contributed by atoms with Crippen molar-refractivity contribution in [2.75, 3.05) is 0 Å². The lowest BCUT2D eigenvalue weighted by atomic mass is 11.2. The van der Waals surface area contributed by atoms with E-state index in [0.717, 1.165) is 0 Å². The fourth-order valence-electron chi connectivity index (χ4n) is 0.0821. The second-order valence-electron chi connectivity index (χ2n) is 0.680. The predicted molar refractivity (Wildman–Crippen MR) is 24.2 cm³/mol. The second kappa shape index (κ2) is 3.64. The van der Waals surface area contributed by atoms with Crippen molar-refractivity contribution in [2.24, 2.45) is 5.73 Å². The SMILES string of the molecule is NC(=O)NO[PH2]=O. The van der Waals surface area contributed by atoms with Crippen molar-refractivity contribution in [3.05, 3.63) is 0 Å². The first kappa shape index (κ1) is 6.46. The fraction of sp³-hybridized carbons (Fsp3) is 0. The molecule has 0 bridgehead atoms. The summed E-state index contributed by atoms with van der Waals surface area (Å²) in [6, 6.07) is -0.844. The van der Waals surface area contributed by atoms with Crippen LogP contribution in [0.3, 0.4) is 0 Å². The average molecular weight is 124 g/mol. The number of nitrogens with one attached hydrogen (secondary N) is 1. The molecule has 0 aromatic rings. The van der Waals surface area contributed by atoms with E-state index >= 15 is 0 Å². The number of amides is 2. The second-order valence-corrected chi connectivity index (χ2v) is 1.11. The van der Waals surface area contributed by atoms with Crippen LogP contribution in [0.5, 0.6) is 0 Å². The molecule has 0 fully saturated rings. The van der Waals surface area contributed by atoms with Crippen LogP contribution in [0.15, 0.2) is 0 Å². The molecular weight excluding hydrogens is 119 g/mol. The number of carbonyl (C=O) groups is 1. The Hall–Kier alpha value is -0.540. The maximum absolute atomic E-state index is 9.62. The first-order valence-electron chi connectivity index (χ1n) is 1.42. The molecule has 7 heavy (non-hydrogen) atoms. The highest BCUT2D eigenvalue weighted by atomic mass is 31.1. The molecule has 1 unspecified atom stereocenters. The van der Waals surface area contributed by atoms with E-state index in [9.17, 15) is 9.36 Å². The largest absolute Gasteiger partial charge is 0.350 e. The third kappa shape index (κ3) is 5.46. The minimum atomic E-state index is -1.40. The van der Waals surface area contributed by atoms with Crippen molar-refractivity contribution in [3.8, 4) is 0 Å². The molecule has 2 amide bonds. The smallest absolute Gasteiger partial charge is 0.336 e. The van der Waals surface area contributed by atoms with Gasteiger partial charge in [-0.1, -0.05) is 0 Å². The average Bonchev–Trinajstić information content (AvgIpc) is 1.61. The first-order valence-corrected chi connectivity index (χ1v) is 2.36. The van der Waals surface area contributed by atoms with Gasteiger partial charge in [0.2, 0.25) is 8.69 Å². The molecule has 5 nitrogen and oxygen atoms in total. The summed E-state index contributed by atoms with van der Waals surface area (Å²) in [6.45, 7) is 0. The van der Waals surface area contributed by atoms with Crippen molar-refractivity contribution in [2.45, 2.75) is 0 Å². The van der Waals surface area contributed by atoms with Gasteiger partial charge in [0, 0.05) is 0 Å². The molecule has 0 saturated heterocycles. The Labute approximate surface area is 41.1 Å². The summed E-state index contributed by atoms with van der Waals surface area (Å²) >= 11 is 0. The lowest BCUT2D eigenvalue weighted by Gasteiger charge is -1.89. The molecule has 0 saturated carbocycles. The number of hydrogen-bond acceptors (Lipinski definition) is 3. The molecule has 6 heteroatoms. The third-order valence-electron chi connectivity index (χ3n) is 0.208. The van der Waals surface area contributed by atoms with Crippen molar-refractivity contribution in [1.82, 2.24) is 5.48 Å². The quantitative estimate of drug-likeness (QED) is 0.375. The molecule has 0 aliphatic rings. The fourth-order valence-corrected chi connectivity index (χ4v) is 0.246. The molecule has 0 radical (unpaired) electrons. The van der Waals surface area contributed by atoms with E-state index in [4.69, 9.17) is 0 Å². The topological polar surface area (TPSA) is 81.4 Å². The number of hydroxylamine groups is 1. The van der Waals surface area contributed by atoms with E-state index in [0.29, 0.717) is 0 Å². The van der Waals surface area contributed by atoms with Crippen LogP contribution in [0.4, 0.5) is 4.79 Å². The minimum absolute atomic E-state index is 0.844. The summed E-state index contributed by atoms with van der Waals surface area (Å²) in [6.07, 6.45) is 0. The molecule has 0 aromatic heterocycles. The Morgan fingerprint density at radius 2 is 2.43 bits per heavy atom. The van der Waals surface area contributed by atoms with E-state index in [2.05, 4.69) is 10.4 Å². The van der Waals surface area contributed by atoms with Gasteiger partial charge in [-0.25, -0.2) is 14.9 Å². The Bertz CT molecular complexity index is 83.0. The highest BCUT2D eigenvalue weighted by Crippen LogP contribution is 1.85. The van der Waals surface area contributed by atoms with Gasteiger partial charge in [-0.3, -0.25) is 4.57 Å². The van der Waals surface area contributed by atoms with Gasteiger partial charge in [-0.05, 0) is 0 Å². The molecular formula is CH5N2O3P. The number of urea groups is 1. The van der Waals surface area contributed by atoms with E-state index in [1.807, 2.05) is 0 Å². The van der Waals surface area contributed by atoms with E-state index in [-0.39, 0.29) is 0 Å². The van der Waals surface area contributed by atoms with Gasteiger partial charge in [0.15, 0.2) is 0 Å². The highest BCUT2D eigenvalue weighted by molar-refractivity contribution is 7.17. The van der Waals surface area contributed by atoms with Crippen LogP contribution < -0.4 is 11.2 Å². The van der Waals surface area contributed by atoms with Crippen molar-refractivity contribution in [1.29, 1.82) is 0 Å². The summed E-state index contributed by atoms with van der Waals surface area (Å²) < 4.78 is 13.3. The predicted octanol–water partition coefficient (Wildman–Crippen LogP) is -0.742. The summed E-state index contributed by atoms with van der Waals surface area (Å²) in [5.41, 5.74) is 6.14. The summed E-state index contributed by atoms with van der Waals surface area (Å²) in [7, 11) is -1.40. The normalized spacial score (nSPS) is 9.71. The van der Waals surface area contributed by atoms with Crippen LogP contribution in [0.2, 0.25) is 0 Å². The van der Waals surface area contributed by atoms with Crippen LogP contribution >= 0.6 is 8.69 Å². The molecule has 0 spiro atoms. The Morgan fingerprint density at radius 3 is 2.57 bits per heavy atom. The number of carbonyl (C=O) groups excluding carboxylic acids is 1. The number of primary amides is 1. The molecule has 42 valence electrons. The highest BCUT2D eigenvalue weighted by Gasteiger charge is 1.83. The molecule has 0 heterocycles. The van der Waals surface area contributed by atoms with Gasteiger partial charge in [-0.2, -0.15) is 0 Å². The number of rotatable bonds is 2. The van der Waals surface area contributed by atoms with Gasteiger partial charge in [0.25, 0.3) is 0 Å². The molecule has 3 N–H and O–H groups in total. The van der Waals surface area contributed by atoms with Gasteiger partial charge in [0.1, 0.15) is 0 Å². The van der Waals surface area contributed by atoms with Gasteiger partial charge in [0.05, 0.1) is 0 Å². The Kier molecular flexibility index (Phi) is 3.36. The zero-order chi connectivity index (χ0) is 5.70. The molecule has 0 rings (SSSR count). The number of hydrogen-bond donors (Lipinski definition) is 2. The summed E-state index contributed by atoms with van der Waals surface area (Å²) in [5.74, 6) is 0. The number of nitrogens with two attached hydrogens (primary N) is 1. The van der Waals surface area contributed by atoms with E-state index in [1.54, 1.807) is 5.48 Å². The lowest BCUT2D eigenvalue weighted by molar-refractivity contribution is 0.196. The minimum Gasteiger partial charge on any atom is -0.350 e. The maximum atomic E-state index is 9.62. The standard InChI is InChI=1S/CH5N2O3P/c2-1(4)3-6-7-5/h7H2,(H3,2,3,4). The molecule has 1 atom stereocenters. The van der Waals surface area contributed by atoms with Crippen molar-refractivity contribution >= 4 is 14.7 Å². The van der Waals surface area contributed by atoms with Crippen molar-refractivity contribution < 1.29 is 14.0 Å². The van der Waals surface area contributed by atoms with E-state index in [1.165, 1.54) is 0 Å². The van der Waals surface area contributed by atoms with Crippen LogP contribution in [0.1, 0.15) is 0 Å². The zero-order valence-electron chi connectivity index (χ0n) is 3.38. The third-order valence-corrected chi connectivity index (χ3v) is 0.422. The van der Waals surface area contributed by atoms with Crippen LogP contribution in [0.25, 0.3) is 0 Å². The lowest BCUT2D eigenvalue weighted by Crippen LogP contribution is -2.26. The van der Waals surface area contributed by atoms with Crippen LogP contribution in [-0.4, -0.2) is 6.03 Å². The van der Waals surface area contributed by atoms with Crippen molar-refractivity contribution in [3.63, 3.8) is 0 Å². The summed E-state index contributed by atoms with van der Waals surface area (Å²) in [5, 5.41) is 0. The van der Waals surface area contributed by atoms with E-state index < -0.39 is 14.7 Å². The zero-order valence-corrected chi connectivity index (χ0v) is 4.53. The molecule has 0 aromatic carbocycles. The monoisotopic (exact) mass is 124 g/mol. The first-order chi connectivity index (χ1) is 3.27. The maximum Gasteiger partial charge on any atom is 0.336 e. The van der Waals surface area contributed by atoms with Crippen LogP contribution in [-0.2, 0) is 9.19 Å².